The fourth-order valence-corrected chi connectivity index (χ4v) is 4.98. The monoisotopic (exact) mass is 292 g/mol. The molecule has 0 radical (unpaired) electrons. The number of Topliss-reactive ketones (excluding diaryl/α,β-unsaturated/α-hetero) is 1. The molecular formula is C18H28O3. The molecule has 0 aromatic rings. The summed E-state index contributed by atoms with van der Waals surface area (Å²) in [7, 11) is 0. The van der Waals surface area contributed by atoms with Crippen molar-refractivity contribution in [1.29, 1.82) is 0 Å². The van der Waals surface area contributed by atoms with Crippen molar-refractivity contribution in [2.45, 2.75) is 66.2 Å². The molecule has 0 spiro atoms. The van der Waals surface area contributed by atoms with Crippen LogP contribution in [0.2, 0.25) is 0 Å². The van der Waals surface area contributed by atoms with Crippen LogP contribution in [0.4, 0.5) is 0 Å². The van der Waals surface area contributed by atoms with Crippen LogP contribution >= 0.6 is 0 Å². The van der Waals surface area contributed by atoms with Crippen LogP contribution in [0, 0.1) is 22.7 Å². The Morgan fingerprint density at radius 1 is 1.29 bits per heavy atom. The van der Waals surface area contributed by atoms with Gasteiger partial charge in [0.2, 0.25) is 0 Å². The number of carbonyl (C=O) groups excluding carboxylic acids is 1. The molecule has 0 amide bonds. The Bertz CT molecular complexity index is 475. The van der Waals surface area contributed by atoms with Gasteiger partial charge in [0, 0.05) is 12.0 Å². The van der Waals surface area contributed by atoms with Gasteiger partial charge in [-0.05, 0) is 55.3 Å². The zero-order valence-corrected chi connectivity index (χ0v) is 13.7. The van der Waals surface area contributed by atoms with Crippen molar-refractivity contribution < 1.29 is 14.7 Å². The summed E-state index contributed by atoms with van der Waals surface area (Å²) in [4.78, 5) is 23.0. The highest BCUT2D eigenvalue weighted by atomic mass is 16.4. The van der Waals surface area contributed by atoms with Gasteiger partial charge < -0.3 is 9.90 Å². The molecule has 0 aliphatic heterocycles. The van der Waals surface area contributed by atoms with E-state index in [1.807, 2.05) is 6.08 Å². The van der Waals surface area contributed by atoms with Crippen molar-refractivity contribution in [2.75, 3.05) is 0 Å². The van der Waals surface area contributed by atoms with E-state index in [1.54, 1.807) is 6.92 Å². The van der Waals surface area contributed by atoms with Crippen molar-refractivity contribution in [2.24, 2.45) is 22.7 Å². The third-order valence-corrected chi connectivity index (χ3v) is 6.05. The maximum atomic E-state index is 11.6. The molecule has 0 unspecified atom stereocenters. The molecule has 0 aromatic carbocycles. The van der Waals surface area contributed by atoms with Crippen LogP contribution in [0.1, 0.15) is 66.2 Å². The van der Waals surface area contributed by atoms with Crippen LogP contribution < -0.4 is 0 Å². The quantitative estimate of drug-likeness (QED) is 0.844. The van der Waals surface area contributed by atoms with E-state index in [4.69, 9.17) is 0 Å². The second-order valence-electron chi connectivity index (χ2n) is 7.89. The van der Waals surface area contributed by atoms with Gasteiger partial charge in [0.05, 0.1) is 0 Å². The van der Waals surface area contributed by atoms with Gasteiger partial charge in [-0.1, -0.05) is 33.3 Å². The molecule has 3 atom stereocenters. The molecule has 118 valence electrons. The highest BCUT2D eigenvalue weighted by Gasteiger charge is 2.53. The molecule has 3 heteroatoms. The van der Waals surface area contributed by atoms with Gasteiger partial charge in [-0.15, -0.1) is 0 Å². The number of fused-ring (bicyclic) bond motifs is 1. The Morgan fingerprint density at radius 3 is 2.52 bits per heavy atom. The zero-order chi connectivity index (χ0) is 15.8. The summed E-state index contributed by atoms with van der Waals surface area (Å²) >= 11 is 0. The Kier molecular flexibility index (Phi) is 4.32. The minimum atomic E-state index is -0.799. The minimum Gasteiger partial charge on any atom is -0.478 e. The Balaban J connectivity index is 2.38. The van der Waals surface area contributed by atoms with E-state index in [0.717, 1.165) is 19.3 Å². The predicted molar refractivity (Wildman–Crippen MR) is 83.0 cm³/mol. The third kappa shape index (κ3) is 2.93. The molecule has 2 aliphatic carbocycles. The van der Waals surface area contributed by atoms with E-state index in [-0.39, 0.29) is 22.5 Å². The van der Waals surface area contributed by atoms with E-state index in [2.05, 4.69) is 20.8 Å². The van der Waals surface area contributed by atoms with Crippen molar-refractivity contribution in [3.05, 3.63) is 11.6 Å². The highest BCUT2D eigenvalue weighted by Crippen LogP contribution is 2.60. The van der Waals surface area contributed by atoms with Crippen molar-refractivity contribution in [1.82, 2.24) is 0 Å². The number of aliphatic carboxylic acids is 1. The maximum absolute atomic E-state index is 11.6. The standard InChI is InChI=1S/C18H28O3/c1-12(19)6-8-14-13(16(20)21)7-9-15-17(2,3)10-5-11-18(14,15)4/h7,14-15H,5-6,8-11H2,1-4H3,(H,20,21)/t14-,15+,18-/m1/s1. The highest BCUT2D eigenvalue weighted by molar-refractivity contribution is 5.87. The number of allylic oxidation sites excluding steroid dienone is 1. The lowest BCUT2D eigenvalue weighted by molar-refractivity contribution is -0.136. The topological polar surface area (TPSA) is 54.4 Å². The summed E-state index contributed by atoms with van der Waals surface area (Å²) in [5.74, 6) is -0.122. The second kappa shape index (κ2) is 5.58. The van der Waals surface area contributed by atoms with Gasteiger partial charge >= 0.3 is 5.97 Å². The Morgan fingerprint density at radius 2 is 1.95 bits per heavy atom. The molecule has 2 rings (SSSR count). The summed E-state index contributed by atoms with van der Waals surface area (Å²) in [6, 6.07) is 0. The molecule has 0 bridgehead atoms. The van der Waals surface area contributed by atoms with Crippen LogP contribution in [0.15, 0.2) is 11.6 Å². The average molecular weight is 292 g/mol. The van der Waals surface area contributed by atoms with Crippen LogP contribution in [0.3, 0.4) is 0 Å². The lowest BCUT2D eigenvalue weighted by atomic mass is 9.48. The molecule has 3 nitrogen and oxygen atoms in total. The number of carboxylic acids is 1. The van der Waals surface area contributed by atoms with E-state index >= 15 is 0 Å². The first kappa shape index (κ1) is 16.3. The Labute approximate surface area is 127 Å². The molecule has 0 aromatic heterocycles. The molecule has 21 heavy (non-hydrogen) atoms. The second-order valence-corrected chi connectivity index (χ2v) is 7.89. The number of hydrogen-bond donors (Lipinski definition) is 1. The van der Waals surface area contributed by atoms with E-state index in [0.29, 0.717) is 24.3 Å². The van der Waals surface area contributed by atoms with Crippen molar-refractivity contribution in [3.8, 4) is 0 Å². The number of hydrogen-bond acceptors (Lipinski definition) is 2. The van der Waals surface area contributed by atoms with Gasteiger partial charge in [-0.3, -0.25) is 0 Å². The number of rotatable bonds is 4. The summed E-state index contributed by atoms with van der Waals surface area (Å²) in [5.41, 5.74) is 0.814. The van der Waals surface area contributed by atoms with Gasteiger partial charge in [-0.25, -0.2) is 4.79 Å². The molecule has 1 saturated carbocycles. The van der Waals surface area contributed by atoms with Crippen LogP contribution in [-0.2, 0) is 9.59 Å². The third-order valence-electron chi connectivity index (χ3n) is 6.05. The summed E-state index contributed by atoms with van der Waals surface area (Å²) < 4.78 is 0. The van der Waals surface area contributed by atoms with Crippen LogP contribution in [0.25, 0.3) is 0 Å². The lowest BCUT2D eigenvalue weighted by Crippen LogP contribution is -2.49. The molecule has 1 N–H and O–H groups in total. The van der Waals surface area contributed by atoms with Crippen LogP contribution in [-0.4, -0.2) is 16.9 Å². The van der Waals surface area contributed by atoms with Gasteiger partial charge in [0.1, 0.15) is 5.78 Å². The van der Waals surface area contributed by atoms with Crippen molar-refractivity contribution in [3.63, 3.8) is 0 Å². The normalized spacial score (nSPS) is 34.8. The smallest absolute Gasteiger partial charge is 0.331 e. The van der Waals surface area contributed by atoms with Crippen LogP contribution in [0.5, 0.6) is 0 Å². The summed E-state index contributed by atoms with van der Waals surface area (Å²) in [5, 5.41) is 9.56. The molecular weight excluding hydrogens is 264 g/mol. The molecule has 1 fully saturated rings. The van der Waals surface area contributed by atoms with Gasteiger partial charge in [0.15, 0.2) is 0 Å². The lowest BCUT2D eigenvalue weighted by Gasteiger charge is -2.56. The SMILES string of the molecule is CC(=O)CC[C@@H]1C(C(=O)O)=CC[C@H]2C(C)(C)CCC[C@]12C. The largest absolute Gasteiger partial charge is 0.478 e. The maximum Gasteiger partial charge on any atom is 0.331 e. The fourth-order valence-electron chi connectivity index (χ4n) is 4.98. The fraction of sp³-hybridized carbons (Fsp3) is 0.778. The number of ketones is 1. The van der Waals surface area contributed by atoms with E-state index < -0.39 is 5.97 Å². The number of carboxylic acid groups (broad SMARTS) is 1. The van der Waals surface area contributed by atoms with Crippen molar-refractivity contribution >= 4 is 11.8 Å². The van der Waals surface area contributed by atoms with E-state index in [1.165, 1.54) is 6.42 Å². The first-order chi connectivity index (χ1) is 9.68. The summed E-state index contributed by atoms with van der Waals surface area (Å²) in [6.07, 6.45) is 7.41. The first-order valence-electron chi connectivity index (χ1n) is 8.11. The summed E-state index contributed by atoms with van der Waals surface area (Å²) in [6.45, 7) is 8.49. The van der Waals surface area contributed by atoms with Gasteiger partial charge in [-0.2, -0.15) is 0 Å². The van der Waals surface area contributed by atoms with Gasteiger partial charge in [0.25, 0.3) is 0 Å². The van der Waals surface area contributed by atoms with E-state index in [9.17, 15) is 14.7 Å². The first-order valence-corrected chi connectivity index (χ1v) is 8.11. The number of carbonyl (C=O) groups is 2. The Hall–Kier alpha value is -1.12. The molecule has 0 heterocycles. The predicted octanol–water partition coefficient (Wildman–Crippen LogP) is 4.22. The molecule has 0 saturated heterocycles. The average Bonchev–Trinajstić information content (AvgIpc) is 2.34. The zero-order valence-electron chi connectivity index (χ0n) is 13.7. The molecule has 2 aliphatic rings. The minimum absolute atomic E-state index is 0.0113.